The number of aryl methyl sites for hydroxylation is 1. The topological polar surface area (TPSA) is 93.2 Å². The smallest absolute Gasteiger partial charge is 0.337 e. The minimum absolute atomic E-state index is 0.175. The number of ether oxygens (including phenoxy) is 1. The molecule has 2 aromatic rings. The maximum atomic E-state index is 12.4. The van der Waals surface area contributed by atoms with E-state index in [4.69, 9.17) is 0 Å². The molecule has 1 amide bonds. The highest BCUT2D eigenvalue weighted by Crippen LogP contribution is 2.19. The largest absolute Gasteiger partial charge is 0.465 e. The molecular formula is C19H22N4O3. The van der Waals surface area contributed by atoms with Gasteiger partial charge in [0.15, 0.2) is 0 Å². The molecule has 0 saturated heterocycles. The summed E-state index contributed by atoms with van der Waals surface area (Å²) in [5, 5.41) is 6.17. The van der Waals surface area contributed by atoms with E-state index in [0.717, 1.165) is 31.4 Å². The van der Waals surface area contributed by atoms with E-state index in [-0.39, 0.29) is 17.9 Å². The molecule has 3 rings (SSSR count). The van der Waals surface area contributed by atoms with Crippen LogP contribution in [0.4, 0.5) is 11.5 Å². The van der Waals surface area contributed by atoms with Gasteiger partial charge in [-0.15, -0.1) is 0 Å². The maximum Gasteiger partial charge on any atom is 0.337 e. The summed E-state index contributed by atoms with van der Waals surface area (Å²) < 4.78 is 4.68. The number of anilines is 2. The summed E-state index contributed by atoms with van der Waals surface area (Å²) in [7, 11) is 1.34. The van der Waals surface area contributed by atoms with Crippen LogP contribution in [0.25, 0.3) is 0 Å². The van der Waals surface area contributed by atoms with Crippen molar-refractivity contribution >= 4 is 23.4 Å². The van der Waals surface area contributed by atoms with E-state index < -0.39 is 0 Å². The summed E-state index contributed by atoms with van der Waals surface area (Å²) in [4.78, 5) is 32.5. The first-order valence-electron chi connectivity index (χ1n) is 8.67. The molecule has 0 atom stereocenters. The molecule has 26 heavy (non-hydrogen) atoms. The normalized spacial score (nSPS) is 14.1. The van der Waals surface area contributed by atoms with Crippen molar-refractivity contribution in [2.24, 2.45) is 0 Å². The summed E-state index contributed by atoms with van der Waals surface area (Å²) in [5.41, 5.74) is 1.56. The highest BCUT2D eigenvalue weighted by molar-refractivity contribution is 5.93. The Morgan fingerprint density at radius 3 is 2.46 bits per heavy atom. The van der Waals surface area contributed by atoms with Crippen LogP contribution in [0.3, 0.4) is 0 Å². The molecule has 1 aliphatic rings. The third-order valence-corrected chi connectivity index (χ3v) is 4.34. The fraction of sp³-hybridized carbons (Fsp3) is 0.368. The molecule has 0 aliphatic heterocycles. The first-order chi connectivity index (χ1) is 12.5. The number of rotatable bonds is 5. The molecule has 7 heteroatoms. The number of methoxy groups -OCH3 is 1. The van der Waals surface area contributed by atoms with Crippen LogP contribution < -0.4 is 10.6 Å². The second-order valence-electron chi connectivity index (χ2n) is 6.33. The average molecular weight is 354 g/mol. The van der Waals surface area contributed by atoms with Crippen LogP contribution in [0.5, 0.6) is 0 Å². The highest BCUT2D eigenvalue weighted by atomic mass is 16.5. The molecule has 0 spiro atoms. The Morgan fingerprint density at radius 2 is 1.81 bits per heavy atom. The van der Waals surface area contributed by atoms with Crippen molar-refractivity contribution in [1.82, 2.24) is 15.3 Å². The van der Waals surface area contributed by atoms with Gasteiger partial charge in [0, 0.05) is 17.8 Å². The number of hydrogen-bond acceptors (Lipinski definition) is 6. The summed E-state index contributed by atoms with van der Waals surface area (Å²) in [6.45, 7) is 1.75. The molecule has 7 nitrogen and oxygen atoms in total. The Labute approximate surface area is 152 Å². The second-order valence-corrected chi connectivity index (χ2v) is 6.33. The van der Waals surface area contributed by atoms with Gasteiger partial charge in [-0.25, -0.2) is 14.8 Å². The number of amides is 1. The lowest BCUT2D eigenvalue weighted by atomic mass is 10.2. The Balaban J connectivity index is 1.72. The van der Waals surface area contributed by atoms with E-state index in [1.165, 1.54) is 7.11 Å². The maximum absolute atomic E-state index is 12.4. The Hall–Kier alpha value is -2.96. The number of esters is 1. The molecule has 1 saturated carbocycles. The van der Waals surface area contributed by atoms with Crippen molar-refractivity contribution in [2.45, 2.75) is 38.6 Å². The second kappa shape index (κ2) is 7.95. The molecule has 1 aromatic carbocycles. The van der Waals surface area contributed by atoms with E-state index in [9.17, 15) is 9.59 Å². The molecular weight excluding hydrogens is 332 g/mol. The monoisotopic (exact) mass is 354 g/mol. The van der Waals surface area contributed by atoms with E-state index in [1.807, 2.05) is 0 Å². The van der Waals surface area contributed by atoms with Crippen molar-refractivity contribution < 1.29 is 14.3 Å². The summed E-state index contributed by atoms with van der Waals surface area (Å²) in [6.07, 6.45) is 4.35. The Kier molecular flexibility index (Phi) is 5.46. The van der Waals surface area contributed by atoms with Crippen molar-refractivity contribution in [3.63, 3.8) is 0 Å². The molecule has 1 aliphatic carbocycles. The molecule has 0 radical (unpaired) electrons. The fourth-order valence-corrected chi connectivity index (χ4v) is 3.03. The zero-order valence-corrected chi connectivity index (χ0v) is 14.9. The lowest BCUT2D eigenvalue weighted by Gasteiger charge is -2.13. The molecule has 1 heterocycles. The number of carbonyl (C=O) groups excluding carboxylic acids is 2. The van der Waals surface area contributed by atoms with Gasteiger partial charge in [0.25, 0.3) is 5.91 Å². The molecule has 1 fully saturated rings. The minimum Gasteiger partial charge on any atom is -0.465 e. The van der Waals surface area contributed by atoms with E-state index >= 15 is 0 Å². The van der Waals surface area contributed by atoms with E-state index in [2.05, 4.69) is 25.3 Å². The third kappa shape index (κ3) is 4.36. The third-order valence-electron chi connectivity index (χ3n) is 4.34. The van der Waals surface area contributed by atoms with Crippen molar-refractivity contribution in [1.29, 1.82) is 0 Å². The molecule has 136 valence electrons. The lowest BCUT2D eigenvalue weighted by Crippen LogP contribution is -2.33. The fourth-order valence-electron chi connectivity index (χ4n) is 3.03. The van der Waals surface area contributed by atoms with Gasteiger partial charge in [-0.05, 0) is 44.0 Å². The van der Waals surface area contributed by atoms with Gasteiger partial charge in [-0.1, -0.05) is 12.8 Å². The van der Waals surface area contributed by atoms with Crippen LogP contribution in [-0.4, -0.2) is 35.0 Å². The molecule has 0 unspecified atom stereocenters. The quantitative estimate of drug-likeness (QED) is 0.802. The van der Waals surface area contributed by atoms with Gasteiger partial charge >= 0.3 is 5.97 Å². The van der Waals surface area contributed by atoms with Gasteiger partial charge in [0.2, 0.25) is 0 Å². The highest BCUT2D eigenvalue weighted by Gasteiger charge is 2.19. The Bertz CT molecular complexity index is 799. The Morgan fingerprint density at radius 1 is 1.12 bits per heavy atom. The predicted molar refractivity (Wildman–Crippen MR) is 97.6 cm³/mol. The van der Waals surface area contributed by atoms with Crippen LogP contribution >= 0.6 is 0 Å². The van der Waals surface area contributed by atoms with Gasteiger partial charge in [-0.3, -0.25) is 4.79 Å². The molecule has 0 bridgehead atoms. The number of nitrogens with zero attached hydrogens (tertiary/aromatic N) is 2. The summed E-state index contributed by atoms with van der Waals surface area (Å²) in [6, 6.07) is 8.70. The zero-order chi connectivity index (χ0) is 18.5. The van der Waals surface area contributed by atoms with Crippen molar-refractivity contribution in [2.75, 3.05) is 12.4 Å². The zero-order valence-electron chi connectivity index (χ0n) is 14.9. The van der Waals surface area contributed by atoms with Gasteiger partial charge in [0.05, 0.1) is 12.7 Å². The van der Waals surface area contributed by atoms with Crippen LogP contribution in [0.1, 0.15) is 52.4 Å². The van der Waals surface area contributed by atoms with Crippen LogP contribution in [0.2, 0.25) is 0 Å². The van der Waals surface area contributed by atoms with Crippen molar-refractivity contribution in [3.05, 3.63) is 47.4 Å². The summed E-state index contributed by atoms with van der Waals surface area (Å²) in [5.74, 6) is 0.476. The van der Waals surface area contributed by atoms with Crippen LogP contribution in [0, 0.1) is 6.92 Å². The summed E-state index contributed by atoms with van der Waals surface area (Å²) >= 11 is 0. The predicted octanol–water partition coefficient (Wildman–Crippen LogP) is 2.99. The number of aromatic nitrogens is 2. The van der Waals surface area contributed by atoms with Gasteiger partial charge < -0.3 is 15.4 Å². The first-order valence-corrected chi connectivity index (χ1v) is 8.67. The van der Waals surface area contributed by atoms with E-state index in [0.29, 0.717) is 22.9 Å². The number of hydrogen-bond donors (Lipinski definition) is 2. The lowest BCUT2D eigenvalue weighted by molar-refractivity contribution is 0.0600. The standard InChI is InChI=1S/C19H22N4O3/c1-12-20-16(18(24)23-14-5-3-4-6-14)11-17(21-12)22-15-9-7-13(8-10-15)19(25)26-2/h7-11,14H,3-6H2,1-2H3,(H,23,24)(H,20,21,22). The van der Waals surface area contributed by atoms with Crippen LogP contribution in [0.15, 0.2) is 30.3 Å². The number of benzene rings is 1. The van der Waals surface area contributed by atoms with E-state index in [1.54, 1.807) is 37.3 Å². The SMILES string of the molecule is COC(=O)c1ccc(Nc2cc(C(=O)NC3CCCC3)nc(C)n2)cc1. The van der Waals surface area contributed by atoms with Gasteiger partial charge in [0.1, 0.15) is 17.3 Å². The van der Waals surface area contributed by atoms with Crippen LogP contribution in [-0.2, 0) is 4.74 Å². The van der Waals surface area contributed by atoms with Crippen molar-refractivity contribution in [3.8, 4) is 0 Å². The number of carbonyl (C=O) groups is 2. The number of nitrogens with one attached hydrogen (secondary N) is 2. The first kappa shape index (κ1) is 17.8. The minimum atomic E-state index is -0.389. The molecule has 1 aromatic heterocycles. The molecule has 2 N–H and O–H groups in total. The average Bonchev–Trinajstić information content (AvgIpc) is 3.14. The van der Waals surface area contributed by atoms with Gasteiger partial charge in [-0.2, -0.15) is 0 Å².